The highest BCUT2D eigenvalue weighted by molar-refractivity contribution is 6.30. The minimum absolute atomic E-state index is 0.0310. The van der Waals surface area contributed by atoms with Gasteiger partial charge in [0.1, 0.15) is 0 Å². The SMILES string of the molecule is CC(Oc1ccc(Cl)cc1[N+](=O)[O-])C(=O)NCCC1CCCNC1. The lowest BCUT2D eigenvalue weighted by Crippen LogP contribution is -2.38. The summed E-state index contributed by atoms with van der Waals surface area (Å²) in [5.74, 6) is 0.319. The summed E-state index contributed by atoms with van der Waals surface area (Å²) in [4.78, 5) is 22.5. The molecule has 1 aliphatic rings. The summed E-state index contributed by atoms with van der Waals surface area (Å²) in [5, 5.41) is 17.4. The normalized spacial score (nSPS) is 18.7. The highest BCUT2D eigenvalue weighted by Gasteiger charge is 2.22. The van der Waals surface area contributed by atoms with Crippen molar-refractivity contribution in [2.45, 2.75) is 32.3 Å². The molecule has 132 valence electrons. The Hall–Kier alpha value is -1.86. The molecule has 2 rings (SSSR count). The van der Waals surface area contributed by atoms with Gasteiger partial charge in [0, 0.05) is 17.6 Å². The number of hydrogen-bond donors (Lipinski definition) is 2. The average molecular weight is 356 g/mol. The third-order valence-electron chi connectivity index (χ3n) is 4.04. The maximum absolute atomic E-state index is 12.1. The summed E-state index contributed by atoms with van der Waals surface area (Å²) in [6, 6.07) is 4.10. The van der Waals surface area contributed by atoms with Crippen LogP contribution in [0.3, 0.4) is 0 Å². The first-order chi connectivity index (χ1) is 11.5. The Kier molecular flexibility index (Phi) is 6.81. The van der Waals surface area contributed by atoms with E-state index in [0.717, 1.165) is 19.5 Å². The molecule has 2 unspecified atom stereocenters. The fourth-order valence-electron chi connectivity index (χ4n) is 2.69. The van der Waals surface area contributed by atoms with Crippen LogP contribution in [0.25, 0.3) is 0 Å². The van der Waals surface area contributed by atoms with Crippen molar-refractivity contribution < 1.29 is 14.5 Å². The summed E-state index contributed by atoms with van der Waals surface area (Å²) < 4.78 is 5.44. The fraction of sp³-hybridized carbons (Fsp3) is 0.562. The minimum atomic E-state index is -0.825. The molecule has 1 fully saturated rings. The van der Waals surface area contributed by atoms with E-state index in [1.54, 1.807) is 6.92 Å². The van der Waals surface area contributed by atoms with Gasteiger partial charge in [-0.05, 0) is 57.3 Å². The fourth-order valence-corrected chi connectivity index (χ4v) is 2.86. The number of nitrogens with zero attached hydrogens (tertiary/aromatic N) is 1. The molecule has 0 saturated carbocycles. The number of ether oxygens (including phenoxy) is 1. The van der Waals surface area contributed by atoms with E-state index in [4.69, 9.17) is 16.3 Å². The Morgan fingerprint density at radius 3 is 3.04 bits per heavy atom. The topological polar surface area (TPSA) is 93.5 Å². The van der Waals surface area contributed by atoms with E-state index < -0.39 is 11.0 Å². The minimum Gasteiger partial charge on any atom is -0.474 e. The van der Waals surface area contributed by atoms with Crippen LogP contribution in [0.2, 0.25) is 5.02 Å². The molecule has 1 aromatic rings. The largest absolute Gasteiger partial charge is 0.474 e. The van der Waals surface area contributed by atoms with E-state index in [1.165, 1.54) is 31.0 Å². The molecule has 8 heteroatoms. The van der Waals surface area contributed by atoms with Gasteiger partial charge in [-0.3, -0.25) is 14.9 Å². The van der Waals surface area contributed by atoms with Crippen molar-refractivity contribution in [3.05, 3.63) is 33.3 Å². The zero-order valence-electron chi connectivity index (χ0n) is 13.6. The highest BCUT2D eigenvalue weighted by atomic mass is 35.5. The van der Waals surface area contributed by atoms with Crippen LogP contribution in [0.1, 0.15) is 26.2 Å². The zero-order valence-corrected chi connectivity index (χ0v) is 14.3. The molecule has 2 atom stereocenters. The summed E-state index contributed by atoms with van der Waals surface area (Å²) in [5.41, 5.74) is -0.254. The molecular weight excluding hydrogens is 334 g/mol. The van der Waals surface area contributed by atoms with Crippen molar-refractivity contribution in [1.82, 2.24) is 10.6 Å². The Bertz CT molecular complexity index is 591. The predicted molar refractivity (Wildman–Crippen MR) is 91.4 cm³/mol. The Morgan fingerprint density at radius 1 is 1.58 bits per heavy atom. The first kappa shape index (κ1) is 18.5. The second kappa shape index (κ2) is 8.84. The number of nitro groups is 1. The Morgan fingerprint density at radius 2 is 2.38 bits per heavy atom. The molecule has 24 heavy (non-hydrogen) atoms. The molecule has 2 N–H and O–H groups in total. The van der Waals surface area contributed by atoms with Crippen LogP contribution in [-0.2, 0) is 4.79 Å². The van der Waals surface area contributed by atoms with Crippen molar-refractivity contribution in [2.75, 3.05) is 19.6 Å². The molecule has 1 aliphatic heterocycles. The highest BCUT2D eigenvalue weighted by Crippen LogP contribution is 2.30. The second-order valence-corrected chi connectivity index (χ2v) is 6.36. The van der Waals surface area contributed by atoms with E-state index in [1.807, 2.05) is 0 Å². The molecule has 0 radical (unpaired) electrons. The summed E-state index contributed by atoms with van der Waals surface area (Å²) in [6.07, 6.45) is 2.42. The smallest absolute Gasteiger partial charge is 0.312 e. The van der Waals surface area contributed by atoms with Gasteiger partial charge >= 0.3 is 5.69 Å². The molecule has 0 bridgehead atoms. The number of halogens is 1. The number of amides is 1. The zero-order chi connectivity index (χ0) is 17.5. The van der Waals surface area contributed by atoms with Crippen LogP contribution in [0.4, 0.5) is 5.69 Å². The van der Waals surface area contributed by atoms with E-state index in [0.29, 0.717) is 12.5 Å². The molecule has 1 heterocycles. The van der Waals surface area contributed by atoms with Crippen molar-refractivity contribution in [2.24, 2.45) is 5.92 Å². The maximum atomic E-state index is 12.1. The van der Waals surface area contributed by atoms with Gasteiger partial charge in [-0.25, -0.2) is 0 Å². The summed E-state index contributed by atoms with van der Waals surface area (Å²) >= 11 is 5.76. The standard InChI is InChI=1S/C16H22ClN3O4/c1-11(16(21)19-8-6-12-3-2-7-18-10-12)24-15-5-4-13(17)9-14(15)20(22)23/h4-5,9,11-12,18H,2-3,6-8,10H2,1H3,(H,19,21). The average Bonchev–Trinajstić information content (AvgIpc) is 2.57. The second-order valence-electron chi connectivity index (χ2n) is 5.92. The van der Waals surface area contributed by atoms with E-state index in [9.17, 15) is 14.9 Å². The first-order valence-corrected chi connectivity index (χ1v) is 8.44. The van der Waals surface area contributed by atoms with Gasteiger partial charge in [-0.2, -0.15) is 0 Å². The third-order valence-corrected chi connectivity index (χ3v) is 4.28. The Labute approximate surface area is 145 Å². The Balaban J connectivity index is 1.84. The number of piperidine rings is 1. The maximum Gasteiger partial charge on any atom is 0.312 e. The molecule has 0 aromatic heterocycles. The van der Waals surface area contributed by atoms with Crippen LogP contribution in [0, 0.1) is 16.0 Å². The number of benzene rings is 1. The van der Waals surface area contributed by atoms with Gasteiger partial charge in [0.05, 0.1) is 4.92 Å². The van der Waals surface area contributed by atoms with Gasteiger partial charge in [0.2, 0.25) is 0 Å². The van der Waals surface area contributed by atoms with E-state index >= 15 is 0 Å². The van der Waals surface area contributed by atoms with Gasteiger partial charge in [0.25, 0.3) is 5.91 Å². The van der Waals surface area contributed by atoms with Crippen molar-refractivity contribution >= 4 is 23.2 Å². The molecule has 1 saturated heterocycles. The number of carbonyl (C=O) groups excluding carboxylic acids is 1. The molecule has 0 spiro atoms. The van der Waals surface area contributed by atoms with Gasteiger partial charge in [0.15, 0.2) is 11.9 Å². The lowest BCUT2D eigenvalue weighted by atomic mass is 9.96. The molecule has 1 amide bonds. The first-order valence-electron chi connectivity index (χ1n) is 8.06. The predicted octanol–water partition coefficient (Wildman–Crippen LogP) is 2.52. The van der Waals surface area contributed by atoms with Crippen LogP contribution in [-0.4, -0.2) is 36.6 Å². The van der Waals surface area contributed by atoms with Gasteiger partial charge < -0.3 is 15.4 Å². The lowest BCUT2D eigenvalue weighted by Gasteiger charge is -2.23. The summed E-state index contributed by atoms with van der Waals surface area (Å²) in [6.45, 7) is 4.18. The van der Waals surface area contributed by atoms with Crippen molar-refractivity contribution in [3.63, 3.8) is 0 Å². The number of nitro benzene ring substituents is 1. The van der Waals surface area contributed by atoms with E-state index in [2.05, 4.69) is 10.6 Å². The van der Waals surface area contributed by atoms with Crippen LogP contribution >= 0.6 is 11.6 Å². The van der Waals surface area contributed by atoms with Gasteiger partial charge in [-0.15, -0.1) is 0 Å². The van der Waals surface area contributed by atoms with E-state index in [-0.39, 0.29) is 22.4 Å². The lowest BCUT2D eigenvalue weighted by molar-refractivity contribution is -0.386. The number of rotatable bonds is 7. The number of nitrogens with one attached hydrogen (secondary N) is 2. The number of hydrogen-bond acceptors (Lipinski definition) is 5. The third kappa shape index (κ3) is 5.35. The monoisotopic (exact) mass is 355 g/mol. The number of carbonyl (C=O) groups is 1. The molecule has 1 aromatic carbocycles. The van der Waals surface area contributed by atoms with Gasteiger partial charge in [-0.1, -0.05) is 11.6 Å². The van der Waals surface area contributed by atoms with Crippen LogP contribution < -0.4 is 15.4 Å². The van der Waals surface area contributed by atoms with Crippen LogP contribution in [0.5, 0.6) is 5.75 Å². The van der Waals surface area contributed by atoms with Crippen molar-refractivity contribution in [1.29, 1.82) is 0 Å². The van der Waals surface area contributed by atoms with Crippen molar-refractivity contribution in [3.8, 4) is 5.75 Å². The quantitative estimate of drug-likeness (QED) is 0.579. The van der Waals surface area contributed by atoms with Crippen LogP contribution in [0.15, 0.2) is 18.2 Å². The molecule has 0 aliphatic carbocycles. The summed E-state index contributed by atoms with van der Waals surface area (Å²) in [7, 11) is 0. The molecular formula is C16H22ClN3O4. The molecule has 7 nitrogen and oxygen atoms in total.